The minimum absolute atomic E-state index is 0.0250. The van der Waals surface area contributed by atoms with Crippen LogP contribution in [0.2, 0.25) is 0 Å². The summed E-state index contributed by atoms with van der Waals surface area (Å²) in [6, 6.07) is 9.92. The van der Waals surface area contributed by atoms with Crippen LogP contribution in [0.25, 0.3) is 0 Å². The number of rotatable bonds is 4. The highest BCUT2D eigenvalue weighted by Gasteiger charge is 2.29. The zero-order valence-corrected chi connectivity index (χ0v) is 27.6. The van der Waals surface area contributed by atoms with E-state index in [9.17, 15) is 24.0 Å². The van der Waals surface area contributed by atoms with Crippen LogP contribution in [0.3, 0.4) is 0 Å². The summed E-state index contributed by atoms with van der Waals surface area (Å²) < 4.78 is 7.06. The second-order valence-electron chi connectivity index (χ2n) is 11.8. The van der Waals surface area contributed by atoms with Gasteiger partial charge in [0.15, 0.2) is 5.69 Å². The van der Waals surface area contributed by atoms with Gasteiger partial charge in [0.05, 0.1) is 12.6 Å². The Bertz CT molecular complexity index is 1860. The van der Waals surface area contributed by atoms with Crippen LogP contribution in [0, 0.1) is 19.8 Å². The zero-order valence-electron chi connectivity index (χ0n) is 26.8. The summed E-state index contributed by atoms with van der Waals surface area (Å²) in [6.07, 6.45) is 1.54. The molecule has 47 heavy (non-hydrogen) atoms. The molecule has 0 aliphatic carbocycles. The molecule has 14 heteroatoms. The second-order valence-corrected chi connectivity index (χ2v) is 12.7. The summed E-state index contributed by atoms with van der Waals surface area (Å²) in [5, 5.41) is 10.7. The quantitative estimate of drug-likeness (QED) is 0.301. The topological polar surface area (TPSA) is 169 Å². The molecule has 1 aliphatic rings. The molecule has 0 unspecified atom stereocenters. The highest BCUT2D eigenvalue weighted by atomic mass is 32.1. The molecule has 5 rings (SSSR count). The first kappa shape index (κ1) is 33.3. The number of aromatic nitrogens is 3. The first-order valence-electron chi connectivity index (χ1n) is 15.2. The summed E-state index contributed by atoms with van der Waals surface area (Å²) in [5.41, 5.74) is 1.66. The SMILES string of the molecule is Cc1cc(C)n(C)c(=O)c1C(=O)N1CCNC(=O)c2coc(n2)[C@H](Cc2ccccc2)NC(=O)c2csc(n2)[C@H](C(C)C)NC(=O)C1. The van der Waals surface area contributed by atoms with E-state index >= 15 is 0 Å². The van der Waals surface area contributed by atoms with Crippen LogP contribution in [0.1, 0.15) is 85.0 Å². The summed E-state index contributed by atoms with van der Waals surface area (Å²) in [4.78, 5) is 77.2. The van der Waals surface area contributed by atoms with Crippen molar-refractivity contribution in [2.24, 2.45) is 13.0 Å². The minimum atomic E-state index is -0.718. The predicted molar refractivity (Wildman–Crippen MR) is 174 cm³/mol. The van der Waals surface area contributed by atoms with E-state index in [1.807, 2.05) is 44.2 Å². The molecule has 1 aliphatic heterocycles. The van der Waals surface area contributed by atoms with Gasteiger partial charge in [-0.15, -0.1) is 11.3 Å². The summed E-state index contributed by atoms with van der Waals surface area (Å²) in [6.45, 7) is 6.75. The fraction of sp³-hybridized carbons (Fsp3) is 0.364. The van der Waals surface area contributed by atoms with Crippen LogP contribution in [0.5, 0.6) is 0 Å². The number of carbonyl (C=O) groups is 4. The van der Waals surface area contributed by atoms with Crippen molar-refractivity contribution < 1.29 is 23.6 Å². The van der Waals surface area contributed by atoms with Crippen molar-refractivity contribution in [2.45, 2.75) is 46.2 Å². The van der Waals surface area contributed by atoms with Crippen molar-refractivity contribution >= 4 is 35.0 Å². The van der Waals surface area contributed by atoms with Crippen LogP contribution in [0.4, 0.5) is 0 Å². The summed E-state index contributed by atoms with van der Waals surface area (Å²) in [7, 11) is 1.58. The highest BCUT2D eigenvalue weighted by molar-refractivity contribution is 7.09. The van der Waals surface area contributed by atoms with Crippen molar-refractivity contribution in [3.63, 3.8) is 0 Å². The number of nitrogens with zero attached hydrogens (tertiary/aromatic N) is 4. The lowest BCUT2D eigenvalue weighted by atomic mass is 10.0. The molecule has 246 valence electrons. The molecule has 2 atom stereocenters. The Hall–Kier alpha value is -5.11. The average Bonchev–Trinajstić information content (AvgIpc) is 3.73. The third-order valence-corrected chi connectivity index (χ3v) is 8.94. The number of oxazole rings is 1. The second kappa shape index (κ2) is 14.1. The van der Waals surface area contributed by atoms with E-state index in [1.54, 1.807) is 32.3 Å². The van der Waals surface area contributed by atoms with Crippen LogP contribution in [0.15, 0.2) is 57.3 Å². The Morgan fingerprint density at radius 3 is 2.51 bits per heavy atom. The van der Waals surface area contributed by atoms with Crippen LogP contribution < -0.4 is 21.5 Å². The number of amides is 4. The van der Waals surface area contributed by atoms with Crippen LogP contribution in [-0.4, -0.2) is 62.7 Å². The predicted octanol–water partition coefficient (Wildman–Crippen LogP) is 2.86. The maximum absolute atomic E-state index is 13.8. The molecule has 13 nitrogen and oxygen atoms in total. The molecule has 3 aromatic heterocycles. The fourth-order valence-electron chi connectivity index (χ4n) is 5.32. The number of fused-ring (bicyclic) bond motifs is 4. The Morgan fingerprint density at radius 1 is 1.04 bits per heavy atom. The average molecular weight is 660 g/mol. The number of benzene rings is 1. The first-order chi connectivity index (χ1) is 22.4. The Kier molecular flexibility index (Phi) is 9.99. The van der Waals surface area contributed by atoms with Gasteiger partial charge in [0, 0.05) is 37.6 Å². The van der Waals surface area contributed by atoms with Crippen molar-refractivity contribution in [1.29, 1.82) is 0 Å². The molecule has 0 saturated heterocycles. The summed E-state index contributed by atoms with van der Waals surface area (Å²) in [5.74, 6) is -2.15. The van der Waals surface area contributed by atoms with Gasteiger partial charge in [0.25, 0.3) is 23.3 Å². The van der Waals surface area contributed by atoms with Crippen molar-refractivity contribution in [1.82, 2.24) is 35.4 Å². The monoisotopic (exact) mass is 659 g/mol. The van der Waals surface area contributed by atoms with Gasteiger partial charge in [-0.1, -0.05) is 44.2 Å². The lowest BCUT2D eigenvalue weighted by Crippen LogP contribution is -2.47. The van der Waals surface area contributed by atoms with Crippen LogP contribution in [-0.2, 0) is 18.3 Å². The van der Waals surface area contributed by atoms with Gasteiger partial charge >= 0.3 is 0 Å². The van der Waals surface area contributed by atoms with E-state index in [-0.39, 0.29) is 48.4 Å². The molecular formula is C33H37N7O6S. The number of hydrogen-bond donors (Lipinski definition) is 3. The maximum Gasteiger partial charge on any atom is 0.273 e. The zero-order chi connectivity index (χ0) is 33.8. The fourth-order valence-corrected chi connectivity index (χ4v) is 6.34. The van der Waals surface area contributed by atoms with E-state index < -0.39 is 41.3 Å². The molecule has 0 saturated carbocycles. The summed E-state index contributed by atoms with van der Waals surface area (Å²) >= 11 is 1.23. The van der Waals surface area contributed by atoms with Gasteiger partial charge in [-0.05, 0) is 37.0 Å². The number of aryl methyl sites for hydroxylation is 2. The van der Waals surface area contributed by atoms with Crippen molar-refractivity contribution in [3.05, 3.63) is 103 Å². The maximum atomic E-state index is 13.8. The first-order valence-corrected chi connectivity index (χ1v) is 16.1. The van der Waals surface area contributed by atoms with E-state index in [1.165, 1.54) is 27.1 Å². The van der Waals surface area contributed by atoms with Gasteiger partial charge in [-0.25, -0.2) is 9.97 Å². The number of nitrogens with one attached hydrogen (secondary N) is 3. The Balaban J connectivity index is 1.50. The lowest BCUT2D eigenvalue weighted by molar-refractivity contribution is -0.122. The van der Waals surface area contributed by atoms with Crippen molar-refractivity contribution in [2.75, 3.05) is 19.6 Å². The number of pyridine rings is 1. The molecule has 4 aromatic rings. The van der Waals surface area contributed by atoms with Gasteiger partial charge < -0.3 is 29.8 Å². The third kappa shape index (κ3) is 7.49. The van der Waals surface area contributed by atoms with Gasteiger partial charge in [0.1, 0.15) is 28.6 Å². The molecular weight excluding hydrogens is 622 g/mol. The molecule has 0 radical (unpaired) electrons. The number of hydrogen-bond acceptors (Lipinski definition) is 9. The van der Waals surface area contributed by atoms with Gasteiger partial charge in [-0.2, -0.15) is 0 Å². The minimum Gasteiger partial charge on any atom is -0.446 e. The molecule has 4 amide bonds. The van der Waals surface area contributed by atoms with Gasteiger partial charge in [-0.3, -0.25) is 24.0 Å². The molecule has 0 spiro atoms. The molecule has 3 N–H and O–H groups in total. The molecule has 0 fully saturated rings. The van der Waals surface area contributed by atoms with Crippen molar-refractivity contribution in [3.8, 4) is 0 Å². The van der Waals surface area contributed by atoms with E-state index in [4.69, 9.17) is 4.42 Å². The van der Waals surface area contributed by atoms with E-state index in [0.717, 1.165) is 5.56 Å². The molecule has 1 aromatic carbocycles. The molecule has 4 bridgehead atoms. The Labute approximate surface area is 275 Å². The van der Waals surface area contributed by atoms with E-state index in [2.05, 4.69) is 25.9 Å². The van der Waals surface area contributed by atoms with Gasteiger partial charge in [0.2, 0.25) is 11.8 Å². The smallest absolute Gasteiger partial charge is 0.273 e. The van der Waals surface area contributed by atoms with Crippen LogP contribution >= 0.6 is 11.3 Å². The number of carbonyl (C=O) groups excluding carboxylic acids is 4. The van der Waals surface area contributed by atoms with E-state index in [0.29, 0.717) is 22.7 Å². The Morgan fingerprint density at radius 2 is 1.79 bits per heavy atom. The lowest BCUT2D eigenvalue weighted by Gasteiger charge is -2.26. The molecule has 4 heterocycles. The highest BCUT2D eigenvalue weighted by Crippen LogP contribution is 2.26. The normalized spacial score (nSPS) is 17.8. The number of thiazole rings is 1. The standard InChI is InChI=1S/C33H37N7O6S/c1-18(2)27-31-37-24(17-47-31)29(43)35-22(14-21-9-7-6-8-10-21)30-36-23(16-46-30)28(42)34-11-12-40(15-25(41)38-27)33(45)26-19(3)13-20(4)39(5)32(26)44/h6-10,13,16-18,22,27H,11-12,14-15H2,1-5H3,(H,34,42)(H,35,43)(H,38,41)/t22-,27-/m0/s1. The third-order valence-electron chi connectivity index (χ3n) is 8.01. The largest absolute Gasteiger partial charge is 0.446 e.